The second kappa shape index (κ2) is 7.65. The van der Waals surface area contributed by atoms with E-state index in [1.165, 1.54) is 19.4 Å². The zero-order valence-electron chi connectivity index (χ0n) is 13.8. The van der Waals surface area contributed by atoms with Crippen LogP contribution in [-0.4, -0.2) is 43.0 Å². The molecule has 2 N–H and O–H groups in total. The molecule has 1 aromatic rings. The average Bonchev–Trinajstić information content (AvgIpc) is 3.34. The highest BCUT2D eigenvalue weighted by Crippen LogP contribution is 2.28. The molecular weight excluding hydrogens is 310 g/mol. The fourth-order valence-electron chi connectivity index (χ4n) is 3.07. The molecule has 0 spiro atoms. The van der Waals surface area contributed by atoms with E-state index in [2.05, 4.69) is 15.5 Å². The van der Waals surface area contributed by atoms with Crippen LogP contribution in [0.15, 0.2) is 18.2 Å². The van der Waals surface area contributed by atoms with Gasteiger partial charge in [-0.2, -0.15) is 0 Å². The fourth-order valence-corrected chi connectivity index (χ4v) is 3.24. The number of rotatable bonds is 6. The minimum Gasteiger partial charge on any atom is -0.325 e. The number of hydrogen-bond donors (Lipinski definition) is 2. The highest BCUT2D eigenvalue weighted by Gasteiger charge is 2.25. The number of nitrogens with one attached hydrogen (secondary N) is 2. The summed E-state index contributed by atoms with van der Waals surface area (Å²) in [7, 11) is 0. The van der Waals surface area contributed by atoms with Gasteiger partial charge in [0.15, 0.2) is 0 Å². The molecule has 1 heterocycles. The van der Waals surface area contributed by atoms with Crippen molar-refractivity contribution >= 4 is 23.2 Å². The Morgan fingerprint density at radius 3 is 2.70 bits per heavy atom. The van der Waals surface area contributed by atoms with Crippen LogP contribution in [0.4, 0.5) is 5.69 Å². The lowest BCUT2D eigenvalue weighted by Crippen LogP contribution is -2.45. The molecule has 3 rings (SSSR count). The van der Waals surface area contributed by atoms with Gasteiger partial charge in [-0.25, -0.2) is 0 Å². The SMILES string of the molecule is Cc1ccc(Cl)cc1NC(=O)CN1CCC(NCC2CC2)CC1. The lowest BCUT2D eigenvalue weighted by atomic mass is 10.0. The van der Waals surface area contributed by atoms with Gasteiger partial charge in [0.25, 0.3) is 0 Å². The van der Waals surface area contributed by atoms with Gasteiger partial charge in [-0.1, -0.05) is 17.7 Å². The van der Waals surface area contributed by atoms with Crippen molar-refractivity contribution in [2.24, 2.45) is 5.92 Å². The van der Waals surface area contributed by atoms with Gasteiger partial charge in [-0.05, 0) is 62.8 Å². The summed E-state index contributed by atoms with van der Waals surface area (Å²) in [5, 5.41) is 7.29. The Kier molecular flexibility index (Phi) is 5.57. The van der Waals surface area contributed by atoms with Crippen molar-refractivity contribution < 1.29 is 4.79 Å². The minimum atomic E-state index is 0.0414. The summed E-state index contributed by atoms with van der Waals surface area (Å²) in [6.45, 7) is 5.60. The zero-order chi connectivity index (χ0) is 16.2. The molecule has 126 valence electrons. The maximum atomic E-state index is 12.2. The average molecular weight is 336 g/mol. The van der Waals surface area contributed by atoms with E-state index < -0.39 is 0 Å². The molecule has 1 aliphatic carbocycles. The van der Waals surface area contributed by atoms with Gasteiger partial charge in [0.05, 0.1) is 6.54 Å². The smallest absolute Gasteiger partial charge is 0.238 e. The molecule has 5 heteroatoms. The molecule has 0 aromatic heterocycles. The van der Waals surface area contributed by atoms with E-state index in [1.54, 1.807) is 0 Å². The number of benzene rings is 1. The molecule has 0 bridgehead atoms. The van der Waals surface area contributed by atoms with Crippen LogP contribution in [0, 0.1) is 12.8 Å². The fraction of sp³-hybridized carbons (Fsp3) is 0.611. The van der Waals surface area contributed by atoms with Gasteiger partial charge in [0.2, 0.25) is 5.91 Å². The predicted molar refractivity (Wildman–Crippen MR) is 95.0 cm³/mol. The Morgan fingerprint density at radius 2 is 2.00 bits per heavy atom. The van der Waals surface area contributed by atoms with Crippen molar-refractivity contribution in [3.05, 3.63) is 28.8 Å². The monoisotopic (exact) mass is 335 g/mol. The van der Waals surface area contributed by atoms with Gasteiger partial charge in [-0.3, -0.25) is 9.69 Å². The number of hydrogen-bond acceptors (Lipinski definition) is 3. The van der Waals surface area contributed by atoms with Crippen LogP contribution in [0.5, 0.6) is 0 Å². The van der Waals surface area contributed by atoms with Gasteiger partial charge in [0.1, 0.15) is 0 Å². The normalized spacial score (nSPS) is 19.7. The topological polar surface area (TPSA) is 44.4 Å². The van der Waals surface area contributed by atoms with E-state index in [9.17, 15) is 4.79 Å². The van der Waals surface area contributed by atoms with E-state index in [0.29, 0.717) is 17.6 Å². The summed E-state index contributed by atoms with van der Waals surface area (Å²) >= 11 is 6.00. The van der Waals surface area contributed by atoms with Gasteiger partial charge < -0.3 is 10.6 Å². The van der Waals surface area contributed by atoms with Crippen molar-refractivity contribution in [3.8, 4) is 0 Å². The van der Waals surface area contributed by atoms with Crippen LogP contribution in [-0.2, 0) is 4.79 Å². The Balaban J connectivity index is 1.41. The second-order valence-electron chi connectivity index (χ2n) is 6.91. The maximum Gasteiger partial charge on any atom is 0.238 e. The van der Waals surface area contributed by atoms with E-state index >= 15 is 0 Å². The van der Waals surface area contributed by atoms with Gasteiger partial charge >= 0.3 is 0 Å². The van der Waals surface area contributed by atoms with E-state index in [-0.39, 0.29) is 5.91 Å². The van der Waals surface area contributed by atoms with E-state index in [1.807, 2.05) is 25.1 Å². The van der Waals surface area contributed by atoms with Gasteiger partial charge in [0, 0.05) is 29.8 Å². The quantitative estimate of drug-likeness (QED) is 0.839. The van der Waals surface area contributed by atoms with Crippen LogP contribution < -0.4 is 10.6 Å². The summed E-state index contributed by atoms with van der Waals surface area (Å²) in [6, 6.07) is 6.20. The number of piperidine rings is 1. The number of aryl methyl sites for hydroxylation is 1. The summed E-state index contributed by atoms with van der Waals surface area (Å²) < 4.78 is 0. The standard InChI is InChI=1S/C18H26ClN3O/c1-13-2-5-15(19)10-17(13)21-18(23)12-22-8-6-16(7-9-22)20-11-14-3-4-14/h2,5,10,14,16,20H,3-4,6-9,11-12H2,1H3,(H,21,23). The molecule has 0 unspecified atom stereocenters. The number of carbonyl (C=O) groups excluding carboxylic acids is 1. The summed E-state index contributed by atoms with van der Waals surface area (Å²) in [5.41, 5.74) is 1.84. The second-order valence-corrected chi connectivity index (χ2v) is 7.35. The predicted octanol–water partition coefficient (Wildman–Crippen LogP) is 3.05. The largest absolute Gasteiger partial charge is 0.325 e. The first kappa shape index (κ1) is 16.7. The number of anilines is 1. The van der Waals surface area contributed by atoms with Crippen LogP contribution in [0.2, 0.25) is 5.02 Å². The Labute approximate surface area is 143 Å². The van der Waals surface area contributed by atoms with Crippen molar-refractivity contribution in [1.82, 2.24) is 10.2 Å². The first-order chi connectivity index (χ1) is 11.1. The number of likely N-dealkylation sites (tertiary alicyclic amines) is 1. The third-order valence-electron chi connectivity index (χ3n) is 4.82. The number of carbonyl (C=O) groups is 1. The van der Waals surface area contributed by atoms with Crippen LogP contribution >= 0.6 is 11.6 Å². The van der Waals surface area contributed by atoms with Crippen LogP contribution in [0.3, 0.4) is 0 Å². The summed E-state index contributed by atoms with van der Waals surface area (Å²) in [4.78, 5) is 14.5. The zero-order valence-corrected chi connectivity index (χ0v) is 14.5. The van der Waals surface area contributed by atoms with E-state index in [4.69, 9.17) is 11.6 Å². The number of halogens is 1. The van der Waals surface area contributed by atoms with Crippen LogP contribution in [0.1, 0.15) is 31.2 Å². The molecule has 4 nitrogen and oxygen atoms in total. The number of nitrogens with zero attached hydrogens (tertiary/aromatic N) is 1. The van der Waals surface area contributed by atoms with Crippen LogP contribution in [0.25, 0.3) is 0 Å². The van der Waals surface area contributed by atoms with Gasteiger partial charge in [-0.15, -0.1) is 0 Å². The maximum absolute atomic E-state index is 12.2. The Bertz CT molecular complexity index is 551. The van der Waals surface area contributed by atoms with E-state index in [0.717, 1.165) is 43.1 Å². The molecule has 0 atom stereocenters. The third-order valence-corrected chi connectivity index (χ3v) is 5.06. The first-order valence-electron chi connectivity index (χ1n) is 8.62. The van der Waals surface area contributed by atoms with Crippen molar-refractivity contribution in [2.45, 2.75) is 38.6 Å². The lowest BCUT2D eigenvalue weighted by Gasteiger charge is -2.32. The molecule has 1 saturated carbocycles. The Hall–Kier alpha value is -1.10. The highest BCUT2D eigenvalue weighted by molar-refractivity contribution is 6.31. The highest BCUT2D eigenvalue weighted by atomic mass is 35.5. The lowest BCUT2D eigenvalue weighted by molar-refractivity contribution is -0.117. The molecule has 1 aliphatic heterocycles. The first-order valence-corrected chi connectivity index (χ1v) is 8.99. The molecule has 1 saturated heterocycles. The van der Waals surface area contributed by atoms with Crippen molar-refractivity contribution in [1.29, 1.82) is 0 Å². The molecule has 1 aromatic carbocycles. The number of amides is 1. The van der Waals surface area contributed by atoms with Crippen molar-refractivity contribution in [3.63, 3.8) is 0 Å². The molecule has 23 heavy (non-hydrogen) atoms. The minimum absolute atomic E-state index is 0.0414. The Morgan fingerprint density at radius 1 is 1.26 bits per heavy atom. The summed E-state index contributed by atoms with van der Waals surface area (Å²) in [6.07, 6.45) is 5.07. The third kappa shape index (κ3) is 5.20. The molecular formula is C18H26ClN3O. The molecule has 2 fully saturated rings. The summed E-state index contributed by atoms with van der Waals surface area (Å²) in [5.74, 6) is 0.972. The molecule has 1 amide bonds. The molecule has 0 radical (unpaired) electrons. The van der Waals surface area contributed by atoms with Crippen molar-refractivity contribution in [2.75, 3.05) is 31.5 Å². The molecule has 2 aliphatic rings.